The molecule has 1 amide bonds. The number of carbonyl (C=O) groups is 1. The van der Waals surface area contributed by atoms with Crippen molar-refractivity contribution >= 4 is 21.6 Å². The third-order valence-electron chi connectivity index (χ3n) is 5.41. The van der Waals surface area contributed by atoms with E-state index in [1.807, 2.05) is 32.0 Å². The normalized spacial score (nSPS) is 12.0. The van der Waals surface area contributed by atoms with E-state index in [2.05, 4.69) is 10.0 Å². The molecule has 0 fully saturated rings. The van der Waals surface area contributed by atoms with Crippen LogP contribution in [-0.2, 0) is 10.0 Å². The molecule has 8 heteroatoms. The number of anilines is 1. The molecule has 3 rings (SSSR count). The minimum atomic E-state index is -3.87. The van der Waals surface area contributed by atoms with Crippen LogP contribution >= 0.6 is 0 Å². The van der Waals surface area contributed by atoms with Crippen LogP contribution in [0.15, 0.2) is 65.6 Å². The summed E-state index contributed by atoms with van der Waals surface area (Å²) in [7, 11) is -0.764. The van der Waals surface area contributed by atoms with E-state index >= 15 is 0 Å². The first-order chi connectivity index (χ1) is 15.7. The fourth-order valence-electron chi connectivity index (χ4n) is 3.38. The number of nitrogens with one attached hydrogen (secondary N) is 2. The molecule has 174 valence electrons. The van der Waals surface area contributed by atoms with Crippen molar-refractivity contribution in [1.29, 1.82) is 0 Å². The second-order valence-electron chi connectivity index (χ2n) is 7.71. The SMILES string of the molecule is COc1ccc(C(C)NC(=O)c2cc(S(=O)(=O)Nc3ccccc3C)ccc2C)cc1OC. The lowest BCUT2D eigenvalue weighted by molar-refractivity contribution is 0.0939. The van der Waals surface area contributed by atoms with E-state index < -0.39 is 10.0 Å². The quantitative estimate of drug-likeness (QED) is 0.503. The van der Waals surface area contributed by atoms with E-state index in [4.69, 9.17) is 9.47 Å². The molecular formula is C25H28N2O5S. The van der Waals surface area contributed by atoms with Crippen molar-refractivity contribution in [2.45, 2.75) is 31.7 Å². The van der Waals surface area contributed by atoms with Crippen molar-refractivity contribution < 1.29 is 22.7 Å². The number of benzene rings is 3. The highest BCUT2D eigenvalue weighted by molar-refractivity contribution is 7.92. The average Bonchev–Trinajstić information content (AvgIpc) is 2.79. The number of carbonyl (C=O) groups excluding carboxylic acids is 1. The summed E-state index contributed by atoms with van der Waals surface area (Å²) in [6, 6.07) is 16.7. The number of hydrogen-bond acceptors (Lipinski definition) is 5. The van der Waals surface area contributed by atoms with Crippen LogP contribution in [0, 0.1) is 13.8 Å². The number of sulfonamides is 1. The van der Waals surface area contributed by atoms with Gasteiger partial charge in [0.2, 0.25) is 0 Å². The minimum absolute atomic E-state index is 0.0141. The van der Waals surface area contributed by atoms with Gasteiger partial charge in [0.05, 0.1) is 30.8 Å². The molecule has 0 bridgehead atoms. The van der Waals surface area contributed by atoms with Gasteiger partial charge in [0.15, 0.2) is 11.5 Å². The molecule has 0 aliphatic heterocycles. The predicted octanol–water partition coefficient (Wildman–Crippen LogP) is 4.61. The molecule has 1 unspecified atom stereocenters. The standard InChI is InChI=1S/C25H28N2O5S/c1-16-10-12-20(33(29,30)27-22-9-7-6-8-17(22)2)15-21(16)25(28)26-18(3)19-11-13-23(31-4)24(14-19)32-5/h6-15,18,27H,1-5H3,(H,26,28). The van der Waals surface area contributed by atoms with E-state index in [-0.39, 0.29) is 22.4 Å². The highest BCUT2D eigenvalue weighted by Crippen LogP contribution is 2.30. The van der Waals surface area contributed by atoms with Crippen LogP contribution in [0.5, 0.6) is 11.5 Å². The Morgan fingerprint density at radius 1 is 0.879 bits per heavy atom. The lowest BCUT2D eigenvalue weighted by Crippen LogP contribution is -2.27. The van der Waals surface area contributed by atoms with Crippen LogP contribution in [-0.4, -0.2) is 28.5 Å². The van der Waals surface area contributed by atoms with Crippen molar-refractivity contribution in [3.8, 4) is 11.5 Å². The summed E-state index contributed by atoms with van der Waals surface area (Å²) in [6.45, 7) is 5.43. The average molecular weight is 469 g/mol. The van der Waals surface area contributed by atoms with Gasteiger partial charge < -0.3 is 14.8 Å². The van der Waals surface area contributed by atoms with Crippen molar-refractivity contribution in [3.05, 3.63) is 82.9 Å². The molecule has 7 nitrogen and oxygen atoms in total. The molecule has 0 saturated carbocycles. The number of hydrogen-bond donors (Lipinski definition) is 2. The number of amides is 1. The van der Waals surface area contributed by atoms with Crippen LogP contribution < -0.4 is 19.5 Å². The molecule has 0 radical (unpaired) electrons. The van der Waals surface area contributed by atoms with E-state index in [9.17, 15) is 13.2 Å². The maximum absolute atomic E-state index is 13.0. The van der Waals surface area contributed by atoms with Crippen molar-refractivity contribution in [2.24, 2.45) is 0 Å². The smallest absolute Gasteiger partial charge is 0.261 e. The summed E-state index contributed by atoms with van der Waals surface area (Å²) >= 11 is 0. The first kappa shape index (κ1) is 24.1. The van der Waals surface area contributed by atoms with Crippen LogP contribution in [0.25, 0.3) is 0 Å². The molecular weight excluding hydrogens is 440 g/mol. The van der Waals surface area contributed by atoms with E-state index in [1.165, 1.54) is 12.1 Å². The zero-order valence-electron chi connectivity index (χ0n) is 19.3. The predicted molar refractivity (Wildman–Crippen MR) is 129 cm³/mol. The summed E-state index contributed by atoms with van der Waals surface area (Å²) in [4.78, 5) is 13.1. The lowest BCUT2D eigenvalue weighted by atomic mass is 10.1. The molecule has 0 aliphatic carbocycles. The summed E-state index contributed by atoms with van der Waals surface area (Å²) in [6.07, 6.45) is 0. The van der Waals surface area contributed by atoms with Crippen LogP contribution in [0.1, 0.15) is 40.0 Å². The van der Waals surface area contributed by atoms with Gasteiger partial charge in [0.1, 0.15) is 0 Å². The molecule has 1 atom stereocenters. The van der Waals surface area contributed by atoms with Crippen LogP contribution in [0.4, 0.5) is 5.69 Å². The summed E-state index contributed by atoms with van der Waals surface area (Å²) in [5.74, 6) is 0.778. The number of para-hydroxylation sites is 1. The van der Waals surface area contributed by atoms with Gasteiger partial charge in [0.25, 0.3) is 15.9 Å². The Morgan fingerprint density at radius 3 is 2.24 bits per heavy atom. The maximum atomic E-state index is 13.0. The molecule has 0 aliphatic rings. The highest BCUT2D eigenvalue weighted by atomic mass is 32.2. The third kappa shape index (κ3) is 5.46. The van der Waals surface area contributed by atoms with Gasteiger partial charge in [-0.2, -0.15) is 0 Å². The van der Waals surface area contributed by atoms with E-state index in [0.29, 0.717) is 22.7 Å². The zero-order chi connectivity index (χ0) is 24.2. The Morgan fingerprint density at radius 2 is 1.58 bits per heavy atom. The maximum Gasteiger partial charge on any atom is 0.261 e. The molecule has 0 heterocycles. The first-order valence-corrected chi connectivity index (χ1v) is 11.9. The molecule has 2 N–H and O–H groups in total. The fraction of sp³-hybridized carbons (Fsp3) is 0.240. The molecule has 0 spiro atoms. The van der Waals surface area contributed by atoms with Crippen molar-refractivity contribution in [1.82, 2.24) is 5.32 Å². The molecule has 3 aromatic carbocycles. The number of ether oxygens (including phenoxy) is 2. The van der Waals surface area contributed by atoms with Crippen LogP contribution in [0.2, 0.25) is 0 Å². The minimum Gasteiger partial charge on any atom is -0.493 e. The molecule has 3 aromatic rings. The molecule has 0 aromatic heterocycles. The number of methoxy groups -OCH3 is 2. The van der Waals surface area contributed by atoms with Gasteiger partial charge in [0, 0.05) is 5.56 Å². The Balaban J connectivity index is 1.84. The lowest BCUT2D eigenvalue weighted by Gasteiger charge is -2.18. The van der Waals surface area contributed by atoms with Crippen molar-refractivity contribution in [3.63, 3.8) is 0 Å². The summed E-state index contributed by atoms with van der Waals surface area (Å²) in [5.41, 5.74) is 3.07. The van der Waals surface area contributed by atoms with Gasteiger partial charge in [-0.3, -0.25) is 9.52 Å². The Hall–Kier alpha value is -3.52. The first-order valence-electron chi connectivity index (χ1n) is 10.4. The number of rotatable bonds is 8. The molecule has 0 saturated heterocycles. The molecule has 33 heavy (non-hydrogen) atoms. The van der Waals surface area contributed by atoms with Crippen LogP contribution in [0.3, 0.4) is 0 Å². The second kappa shape index (κ2) is 9.95. The van der Waals surface area contributed by atoms with Gasteiger partial charge in [-0.15, -0.1) is 0 Å². The van der Waals surface area contributed by atoms with Crippen molar-refractivity contribution in [2.75, 3.05) is 18.9 Å². The topological polar surface area (TPSA) is 93.7 Å². The zero-order valence-corrected chi connectivity index (χ0v) is 20.1. The number of aryl methyl sites for hydroxylation is 2. The Bertz CT molecular complexity index is 1270. The van der Waals surface area contributed by atoms with Gasteiger partial charge in [-0.25, -0.2) is 8.42 Å². The Kier molecular flexibility index (Phi) is 7.28. The van der Waals surface area contributed by atoms with Gasteiger partial charge >= 0.3 is 0 Å². The fourth-order valence-corrected chi connectivity index (χ4v) is 4.54. The van der Waals surface area contributed by atoms with Gasteiger partial charge in [-0.1, -0.05) is 30.3 Å². The highest BCUT2D eigenvalue weighted by Gasteiger charge is 2.20. The van der Waals surface area contributed by atoms with Gasteiger partial charge in [-0.05, 0) is 67.8 Å². The summed E-state index contributed by atoms with van der Waals surface area (Å²) < 4.78 is 39.1. The second-order valence-corrected chi connectivity index (χ2v) is 9.39. The monoisotopic (exact) mass is 468 g/mol. The van der Waals surface area contributed by atoms with E-state index in [0.717, 1.165) is 11.1 Å². The van der Waals surface area contributed by atoms with E-state index in [1.54, 1.807) is 51.5 Å². The third-order valence-corrected chi connectivity index (χ3v) is 6.77. The summed E-state index contributed by atoms with van der Waals surface area (Å²) in [5, 5.41) is 2.93. The largest absolute Gasteiger partial charge is 0.493 e. The Labute approximate surface area is 194 Å².